The van der Waals surface area contributed by atoms with Crippen molar-refractivity contribution in [1.82, 2.24) is 9.97 Å². The Labute approximate surface area is 200 Å². The molecule has 3 rings (SSSR count). The molecule has 12 heteroatoms. The summed E-state index contributed by atoms with van der Waals surface area (Å²) in [4.78, 5) is 33.1. The van der Waals surface area contributed by atoms with Gasteiger partial charge in [-0.25, -0.2) is 9.97 Å². The summed E-state index contributed by atoms with van der Waals surface area (Å²) in [7, 11) is 0. The molecule has 0 amide bonds. The molecule has 11 nitrogen and oxygen atoms in total. The Kier molecular flexibility index (Phi) is 9.04. The van der Waals surface area contributed by atoms with Crippen LogP contribution in [0.15, 0.2) is 53.4 Å². The molecule has 0 unspecified atom stereocenters. The van der Waals surface area contributed by atoms with Crippen LogP contribution in [-0.4, -0.2) is 47.2 Å². The van der Waals surface area contributed by atoms with Crippen LogP contribution in [0.2, 0.25) is 5.02 Å². The number of rotatable bonds is 13. The van der Waals surface area contributed by atoms with Crippen LogP contribution in [0.4, 0.5) is 17.3 Å². The predicted molar refractivity (Wildman–Crippen MR) is 125 cm³/mol. The monoisotopic (exact) mass is 489 g/mol. The standard InChI is InChI=1S/C22H24ClN5O6/c1-2-32-19(29)9-11-27(14-16-6-5-12-33-16)22-20(28(30)31)21(25-15-26-22)24-10-13-34-18-8-4-3-7-17(18)23/h3-8,12,15H,2,9-11,13-14H2,1H3,(H,24,25,26). The molecular formula is C22H24ClN5O6. The minimum absolute atomic E-state index is 0.0180. The predicted octanol–water partition coefficient (Wildman–Crippen LogP) is 4.08. The number of nitro groups is 1. The second-order valence-electron chi connectivity index (χ2n) is 6.91. The van der Waals surface area contributed by atoms with Crippen molar-refractivity contribution in [1.29, 1.82) is 0 Å². The Morgan fingerprint density at radius 1 is 1.26 bits per heavy atom. The number of hydrogen-bond donors (Lipinski definition) is 1. The number of ether oxygens (including phenoxy) is 2. The fraction of sp³-hybridized carbons (Fsp3) is 0.318. The van der Waals surface area contributed by atoms with Crippen molar-refractivity contribution in [3.05, 3.63) is 69.9 Å². The van der Waals surface area contributed by atoms with Crippen LogP contribution >= 0.6 is 11.6 Å². The molecule has 3 aromatic rings. The van der Waals surface area contributed by atoms with E-state index in [1.165, 1.54) is 12.6 Å². The smallest absolute Gasteiger partial charge is 0.353 e. The molecular weight excluding hydrogens is 466 g/mol. The molecule has 1 aromatic carbocycles. The highest BCUT2D eigenvalue weighted by Crippen LogP contribution is 2.33. The highest BCUT2D eigenvalue weighted by molar-refractivity contribution is 6.32. The summed E-state index contributed by atoms with van der Waals surface area (Å²) in [5.41, 5.74) is -0.323. The lowest BCUT2D eigenvalue weighted by molar-refractivity contribution is -0.383. The van der Waals surface area contributed by atoms with Crippen LogP contribution in [0.3, 0.4) is 0 Å². The zero-order valence-electron chi connectivity index (χ0n) is 18.5. The molecule has 0 fully saturated rings. The fourth-order valence-electron chi connectivity index (χ4n) is 3.10. The van der Waals surface area contributed by atoms with Gasteiger partial charge in [-0.15, -0.1) is 0 Å². The third kappa shape index (κ3) is 6.82. The number of esters is 1. The minimum Gasteiger partial charge on any atom is -0.490 e. The molecule has 0 saturated carbocycles. The molecule has 0 spiro atoms. The van der Waals surface area contributed by atoms with E-state index in [2.05, 4.69) is 15.3 Å². The number of carbonyl (C=O) groups is 1. The first kappa shape index (κ1) is 24.8. The number of anilines is 2. The number of nitrogens with one attached hydrogen (secondary N) is 1. The lowest BCUT2D eigenvalue weighted by Crippen LogP contribution is -2.28. The maximum Gasteiger partial charge on any atom is 0.353 e. The van der Waals surface area contributed by atoms with E-state index < -0.39 is 10.9 Å². The van der Waals surface area contributed by atoms with Crippen molar-refractivity contribution in [3.63, 3.8) is 0 Å². The van der Waals surface area contributed by atoms with Crippen molar-refractivity contribution in [2.45, 2.75) is 19.9 Å². The topological polar surface area (TPSA) is 133 Å². The van der Waals surface area contributed by atoms with Gasteiger partial charge in [-0.1, -0.05) is 23.7 Å². The van der Waals surface area contributed by atoms with Crippen molar-refractivity contribution >= 4 is 34.9 Å². The van der Waals surface area contributed by atoms with E-state index in [4.69, 9.17) is 25.5 Å². The zero-order valence-corrected chi connectivity index (χ0v) is 19.2. The Balaban J connectivity index is 1.77. The fourth-order valence-corrected chi connectivity index (χ4v) is 3.29. The molecule has 2 heterocycles. The summed E-state index contributed by atoms with van der Waals surface area (Å²) in [5.74, 6) is 0.721. The Morgan fingerprint density at radius 3 is 2.79 bits per heavy atom. The molecule has 0 aliphatic rings. The summed E-state index contributed by atoms with van der Waals surface area (Å²) in [6.07, 6.45) is 2.74. The number of benzene rings is 1. The number of nitrogens with zero attached hydrogens (tertiary/aromatic N) is 4. The number of aromatic nitrogens is 2. The normalized spacial score (nSPS) is 10.5. The molecule has 180 valence electrons. The van der Waals surface area contributed by atoms with Crippen LogP contribution in [0.25, 0.3) is 0 Å². The largest absolute Gasteiger partial charge is 0.490 e. The SMILES string of the molecule is CCOC(=O)CCN(Cc1ccco1)c1ncnc(NCCOc2ccccc2Cl)c1[N+](=O)[O-]. The van der Waals surface area contributed by atoms with E-state index >= 15 is 0 Å². The first-order chi connectivity index (χ1) is 16.5. The van der Waals surface area contributed by atoms with Gasteiger partial charge in [-0.3, -0.25) is 14.9 Å². The average molecular weight is 490 g/mol. The third-order valence-corrected chi connectivity index (χ3v) is 4.90. The lowest BCUT2D eigenvalue weighted by Gasteiger charge is -2.22. The number of para-hydroxylation sites is 1. The van der Waals surface area contributed by atoms with Gasteiger partial charge < -0.3 is 24.1 Å². The van der Waals surface area contributed by atoms with E-state index in [1.807, 2.05) is 0 Å². The molecule has 1 N–H and O–H groups in total. The van der Waals surface area contributed by atoms with Gasteiger partial charge in [0.1, 0.15) is 24.4 Å². The average Bonchev–Trinajstić information content (AvgIpc) is 3.33. The molecule has 0 aliphatic carbocycles. The number of hydrogen-bond acceptors (Lipinski definition) is 10. The van der Waals surface area contributed by atoms with E-state index in [0.717, 1.165) is 0 Å². The van der Waals surface area contributed by atoms with Gasteiger partial charge in [-0.2, -0.15) is 0 Å². The molecule has 0 saturated heterocycles. The van der Waals surface area contributed by atoms with Crippen molar-refractivity contribution in [2.75, 3.05) is 36.5 Å². The highest BCUT2D eigenvalue weighted by atomic mass is 35.5. The Morgan fingerprint density at radius 2 is 2.09 bits per heavy atom. The molecule has 0 bridgehead atoms. The quantitative estimate of drug-likeness (QED) is 0.162. The van der Waals surface area contributed by atoms with Gasteiger partial charge in [-0.05, 0) is 31.2 Å². The van der Waals surface area contributed by atoms with Crippen LogP contribution in [0.5, 0.6) is 5.75 Å². The Hall–Kier alpha value is -3.86. The summed E-state index contributed by atoms with van der Waals surface area (Å²) in [6, 6.07) is 10.4. The minimum atomic E-state index is -0.563. The highest BCUT2D eigenvalue weighted by Gasteiger charge is 2.28. The van der Waals surface area contributed by atoms with Crippen molar-refractivity contribution < 1.29 is 23.6 Å². The van der Waals surface area contributed by atoms with E-state index in [-0.39, 0.29) is 56.6 Å². The second-order valence-corrected chi connectivity index (χ2v) is 7.32. The molecule has 0 atom stereocenters. The van der Waals surface area contributed by atoms with E-state index in [0.29, 0.717) is 16.5 Å². The molecule has 2 aromatic heterocycles. The zero-order chi connectivity index (χ0) is 24.3. The summed E-state index contributed by atoms with van der Waals surface area (Å²) in [6.45, 7) is 2.67. The van der Waals surface area contributed by atoms with E-state index in [9.17, 15) is 14.9 Å². The summed E-state index contributed by atoms with van der Waals surface area (Å²) in [5, 5.41) is 15.4. The maximum atomic E-state index is 12.0. The van der Waals surface area contributed by atoms with Gasteiger partial charge >= 0.3 is 11.7 Å². The van der Waals surface area contributed by atoms with Crippen LogP contribution in [0.1, 0.15) is 19.1 Å². The van der Waals surface area contributed by atoms with Crippen molar-refractivity contribution in [2.24, 2.45) is 0 Å². The van der Waals surface area contributed by atoms with Crippen LogP contribution < -0.4 is 15.0 Å². The van der Waals surface area contributed by atoms with Crippen LogP contribution in [0, 0.1) is 10.1 Å². The second kappa shape index (κ2) is 12.4. The van der Waals surface area contributed by atoms with Gasteiger partial charge in [0.25, 0.3) is 0 Å². The maximum absolute atomic E-state index is 12.0. The Bertz CT molecular complexity index is 1100. The third-order valence-electron chi connectivity index (χ3n) is 4.59. The number of carbonyl (C=O) groups excluding carboxylic acids is 1. The van der Waals surface area contributed by atoms with E-state index in [1.54, 1.807) is 48.2 Å². The van der Waals surface area contributed by atoms with Gasteiger partial charge in [0.2, 0.25) is 11.6 Å². The molecule has 0 aliphatic heterocycles. The summed E-state index contributed by atoms with van der Waals surface area (Å²) < 4.78 is 16.0. The number of halogens is 1. The molecule has 0 radical (unpaired) electrons. The van der Waals surface area contributed by atoms with Crippen LogP contribution in [-0.2, 0) is 16.1 Å². The summed E-state index contributed by atoms with van der Waals surface area (Å²) >= 11 is 6.07. The number of furan rings is 1. The lowest BCUT2D eigenvalue weighted by atomic mass is 10.3. The first-order valence-electron chi connectivity index (χ1n) is 10.5. The first-order valence-corrected chi connectivity index (χ1v) is 10.9. The van der Waals surface area contributed by atoms with Gasteiger partial charge in [0.05, 0.1) is 42.3 Å². The van der Waals surface area contributed by atoms with Crippen molar-refractivity contribution in [3.8, 4) is 5.75 Å². The van der Waals surface area contributed by atoms with Gasteiger partial charge in [0.15, 0.2) is 0 Å². The van der Waals surface area contributed by atoms with Gasteiger partial charge in [0, 0.05) is 6.54 Å². The molecule has 34 heavy (non-hydrogen) atoms.